The lowest BCUT2D eigenvalue weighted by Gasteiger charge is -2.12. The Hall–Kier alpha value is -1.92. The fourth-order valence-electron chi connectivity index (χ4n) is 1.75. The average molecular weight is 292 g/mol. The quantitative estimate of drug-likeness (QED) is 0.482. The summed E-state index contributed by atoms with van der Waals surface area (Å²) in [6.45, 7) is 3.35. The first-order valence-corrected chi connectivity index (χ1v) is 7.19. The molecule has 5 nitrogen and oxygen atoms in total. The Bertz CT molecular complexity index is 540. The Morgan fingerprint density at radius 1 is 1.35 bits per heavy atom. The van der Waals surface area contributed by atoms with Crippen LogP contribution in [0.4, 0.5) is 5.69 Å². The van der Waals surface area contributed by atoms with Crippen LogP contribution in [0, 0.1) is 10.1 Å². The molecule has 0 spiro atoms. The zero-order valence-corrected chi connectivity index (χ0v) is 11.9. The van der Waals surface area contributed by atoms with Crippen LogP contribution < -0.4 is 10.1 Å². The average Bonchev–Trinajstić information content (AvgIpc) is 2.98. The number of nitrogens with zero attached hydrogens (tertiary/aromatic N) is 1. The first-order valence-electron chi connectivity index (χ1n) is 6.31. The number of hydrogen-bond donors (Lipinski definition) is 1. The van der Waals surface area contributed by atoms with Gasteiger partial charge < -0.3 is 10.1 Å². The summed E-state index contributed by atoms with van der Waals surface area (Å²) in [7, 11) is 0. The third kappa shape index (κ3) is 4.04. The summed E-state index contributed by atoms with van der Waals surface area (Å²) in [5.74, 6) is 0.640. The van der Waals surface area contributed by atoms with Gasteiger partial charge in [0.15, 0.2) is 0 Å². The maximum atomic E-state index is 10.5. The van der Waals surface area contributed by atoms with Crippen molar-refractivity contribution in [2.75, 3.05) is 13.2 Å². The van der Waals surface area contributed by atoms with Crippen molar-refractivity contribution >= 4 is 17.0 Å². The fraction of sp³-hybridized carbons (Fsp3) is 0.286. The van der Waals surface area contributed by atoms with Crippen LogP contribution in [0.5, 0.6) is 5.75 Å². The van der Waals surface area contributed by atoms with Crippen molar-refractivity contribution in [3.05, 3.63) is 56.8 Å². The summed E-state index contributed by atoms with van der Waals surface area (Å²) in [6, 6.07) is 10.5. The highest BCUT2D eigenvalue weighted by Crippen LogP contribution is 2.18. The van der Waals surface area contributed by atoms with Crippen molar-refractivity contribution in [3.8, 4) is 5.75 Å². The van der Waals surface area contributed by atoms with Gasteiger partial charge in [-0.05, 0) is 30.5 Å². The highest BCUT2D eigenvalue weighted by molar-refractivity contribution is 7.10. The molecule has 1 aromatic heterocycles. The molecule has 6 heteroatoms. The van der Waals surface area contributed by atoms with Gasteiger partial charge in [-0.1, -0.05) is 6.07 Å². The standard InChI is InChI=1S/C14H16N2O3S/c1-11(14-3-2-10-20-14)15-8-9-19-13-6-4-12(5-7-13)16(17)18/h2-7,10-11,15H,8-9H2,1H3/t11-/m0/s1. The largest absolute Gasteiger partial charge is 0.492 e. The number of benzene rings is 1. The molecular weight excluding hydrogens is 276 g/mol. The van der Waals surface area contributed by atoms with Gasteiger partial charge in [0.1, 0.15) is 12.4 Å². The second-order valence-corrected chi connectivity index (χ2v) is 5.27. The van der Waals surface area contributed by atoms with Crippen molar-refractivity contribution in [1.82, 2.24) is 5.32 Å². The molecular formula is C14H16N2O3S. The van der Waals surface area contributed by atoms with E-state index >= 15 is 0 Å². The Kier molecular flexibility index (Phi) is 5.09. The SMILES string of the molecule is C[C@H](NCCOc1ccc([N+](=O)[O-])cc1)c1cccs1. The summed E-state index contributed by atoms with van der Waals surface area (Å²) in [6.07, 6.45) is 0. The van der Waals surface area contributed by atoms with E-state index in [-0.39, 0.29) is 5.69 Å². The van der Waals surface area contributed by atoms with Crippen molar-refractivity contribution in [1.29, 1.82) is 0 Å². The van der Waals surface area contributed by atoms with Crippen LogP contribution in [0.3, 0.4) is 0 Å². The molecule has 20 heavy (non-hydrogen) atoms. The number of nitro benzene ring substituents is 1. The minimum absolute atomic E-state index is 0.0711. The molecule has 0 aliphatic heterocycles. The molecule has 0 saturated heterocycles. The van der Waals surface area contributed by atoms with E-state index in [0.29, 0.717) is 18.4 Å². The third-order valence-corrected chi connectivity index (χ3v) is 3.89. The van der Waals surface area contributed by atoms with Crippen molar-refractivity contribution < 1.29 is 9.66 Å². The van der Waals surface area contributed by atoms with Crippen LogP contribution in [0.1, 0.15) is 17.8 Å². The summed E-state index contributed by atoms with van der Waals surface area (Å²) in [4.78, 5) is 11.4. The molecule has 1 atom stereocenters. The monoisotopic (exact) mass is 292 g/mol. The number of non-ortho nitro benzene ring substituents is 1. The highest BCUT2D eigenvalue weighted by atomic mass is 32.1. The molecule has 0 saturated carbocycles. The summed E-state index contributed by atoms with van der Waals surface area (Å²) >= 11 is 1.72. The van der Waals surface area contributed by atoms with Crippen molar-refractivity contribution in [2.45, 2.75) is 13.0 Å². The molecule has 2 rings (SSSR count). The zero-order valence-electron chi connectivity index (χ0n) is 11.1. The van der Waals surface area contributed by atoms with Crippen LogP contribution in [0.15, 0.2) is 41.8 Å². The molecule has 106 valence electrons. The third-order valence-electron chi connectivity index (χ3n) is 2.84. The summed E-state index contributed by atoms with van der Waals surface area (Å²) in [5, 5.41) is 15.9. The number of ether oxygens (including phenoxy) is 1. The van der Waals surface area contributed by atoms with Crippen LogP contribution in [0.25, 0.3) is 0 Å². The minimum Gasteiger partial charge on any atom is -0.492 e. The molecule has 1 N–H and O–H groups in total. The molecule has 0 amide bonds. The van der Waals surface area contributed by atoms with Gasteiger partial charge in [0, 0.05) is 29.6 Å². The molecule has 0 unspecified atom stereocenters. The lowest BCUT2D eigenvalue weighted by Crippen LogP contribution is -2.23. The van der Waals surface area contributed by atoms with Crippen LogP contribution in [-0.4, -0.2) is 18.1 Å². The van der Waals surface area contributed by atoms with Gasteiger partial charge in [-0.2, -0.15) is 0 Å². The van der Waals surface area contributed by atoms with Crippen LogP contribution in [-0.2, 0) is 0 Å². The molecule has 1 aromatic carbocycles. The number of nitro groups is 1. The number of hydrogen-bond acceptors (Lipinski definition) is 5. The number of rotatable bonds is 7. The maximum Gasteiger partial charge on any atom is 0.269 e. The molecule has 0 fully saturated rings. The zero-order chi connectivity index (χ0) is 14.4. The Labute approximate surface area is 121 Å². The van der Waals surface area contributed by atoms with Gasteiger partial charge in [-0.15, -0.1) is 11.3 Å². The van der Waals surface area contributed by atoms with E-state index in [1.807, 2.05) is 6.07 Å². The minimum atomic E-state index is -0.423. The number of nitrogens with one attached hydrogen (secondary N) is 1. The molecule has 1 heterocycles. The second-order valence-electron chi connectivity index (χ2n) is 4.29. The van der Waals surface area contributed by atoms with Gasteiger partial charge in [0.2, 0.25) is 0 Å². The topological polar surface area (TPSA) is 64.4 Å². The van der Waals surface area contributed by atoms with E-state index in [4.69, 9.17) is 4.74 Å². The van der Waals surface area contributed by atoms with E-state index in [2.05, 4.69) is 23.7 Å². The van der Waals surface area contributed by atoms with Crippen LogP contribution in [0.2, 0.25) is 0 Å². The smallest absolute Gasteiger partial charge is 0.269 e. The van der Waals surface area contributed by atoms with E-state index in [0.717, 1.165) is 6.54 Å². The van der Waals surface area contributed by atoms with Crippen LogP contribution >= 0.6 is 11.3 Å². The lowest BCUT2D eigenvalue weighted by atomic mass is 10.3. The maximum absolute atomic E-state index is 10.5. The van der Waals surface area contributed by atoms with Gasteiger partial charge in [0.05, 0.1) is 4.92 Å². The van der Waals surface area contributed by atoms with Gasteiger partial charge >= 0.3 is 0 Å². The van der Waals surface area contributed by atoms with Gasteiger partial charge in [-0.3, -0.25) is 10.1 Å². The Morgan fingerprint density at radius 2 is 2.10 bits per heavy atom. The highest BCUT2D eigenvalue weighted by Gasteiger charge is 2.06. The van der Waals surface area contributed by atoms with Crippen molar-refractivity contribution in [3.63, 3.8) is 0 Å². The first-order chi connectivity index (χ1) is 9.66. The Balaban J connectivity index is 1.72. The normalized spacial score (nSPS) is 12.1. The van der Waals surface area contributed by atoms with E-state index in [1.54, 1.807) is 23.5 Å². The molecule has 0 aliphatic carbocycles. The summed E-state index contributed by atoms with van der Waals surface area (Å²) < 4.78 is 5.53. The fourth-order valence-corrected chi connectivity index (χ4v) is 2.51. The lowest BCUT2D eigenvalue weighted by molar-refractivity contribution is -0.384. The van der Waals surface area contributed by atoms with E-state index in [1.165, 1.54) is 17.0 Å². The van der Waals surface area contributed by atoms with Gasteiger partial charge in [0.25, 0.3) is 5.69 Å². The predicted octanol–water partition coefficient (Wildman–Crippen LogP) is 3.39. The molecule has 0 aliphatic rings. The number of thiophene rings is 1. The first kappa shape index (κ1) is 14.5. The Morgan fingerprint density at radius 3 is 2.70 bits per heavy atom. The second kappa shape index (κ2) is 7.02. The van der Waals surface area contributed by atoms with Crippen molar-refractivity contribution in [2.24, 2.45) is 0 Å². The van der Waals surface area contributed by atoms with E-state index < -0.39 is 4.92 Å². The van der Waals surface area contributed by atoms with Gasteiger partial charge in [-0.25, -0.2) is 0 Å². The van der Waals surface area contributed by atoms with E-state index in [9.17, 15) is 10.1 Å². The molecule has 2 aromatic rings. The molecule has 0 radical (unpaired) electrons. The molecule has 0 bridgehead atoms. The summed E-state index contributed by atoms with van der Waals surface area (Å²) in [5.41, 5.74) is 0.0711. The predicted molar refractivity (Wildman–Crippen MR) is 79.3 cm³/mol.